The van der Waals surface area contributed by atoms with Crippen LogP contribution in [-0.2, 0) is 4.79 Å². The molecule has 20 heavy (non-hydrogen) atoms. The molecule has 0 aromatic heterocycles. The molecule has 3 rings (SSSR count). The molecule has 4 nitrogen and oxygen atoms in total. The lowest BCUT2D eigenvalue weighted by Crippen LogP contribution is -2.41. The van der Waals surface area contributed by atoms with E-state index in [1.54, 1.807) is 0 Å². The molecular weight excluding hydrogens is 250 g/mol. The van der Waals surface area contributed by atoms with Gasteiger partial charge in [0.15, 0.2) is 0 Å². The summed E-state index contributed by atoms with van der Waals surface area (Å²) < 4.78 is 0. The molecule has 1 N–H and O–H groups in total. The lowest BCUT2D eigenvalue weighted by Gasteiger charge is -2.31. The van der Waals surface area contributed by atoms with Crippen LogP contribution in [0.5, 0.6) is 0 Å². The van der Waals surface area contributed by atoms with Crippen LogP contribution in [0.1, 0.15) is 29.3 Å². The Morgan fingerprint density at radius 2 is 2.10 bits per heavy atom. The fourth-order valence-corrected chi connectivity index (χ4v) is 3.39. The van der Waals surface area contributed by atoms with Crippen molar-refractivity contribution < 1.29 is 4.79 Å². The van der Waals surface area contributed by atoms with E-state index in [4.69, 9.17) is 0 Å². The molecule has 1 amide bonds. The Hall–Kier alpha value is -1.39. The van der Waals surface area contributed by atoms with E-state index in [1.165, 1.54) is 16.7 Å². The van der Waals surface area contributed by atoms with Crippen molar-refractivity contribution in [1.29, 1.82) is 0 Å². The van der Waals surface area contributed by atoms with Crippen molar-refractivity contribution in [2.45, 2.75) is 32.5 Å². The fourth-order valence-electron chi connectivity index (χ4n) is 3.39. The molecule has 0 bridgehead atoms. The Morgan fingerprint density at radius 1 is 1.30 bits per heavy atom. The second-order valence-electron chi connectivity index (χ2n) is 6.15. The van der Waals surface area contributed by atoms with E-state index >= 15 is 0 Å². The molecule has 2 aliphatic rings. The van der Waals surface area contributed by atoms with Crippen molar-refractivity contribution >= 4 is 5.91 Å². The summed E-state index contributed by atoms with van der Waals surface area (Å²) in [4.78, 5) is 16.7. The van der Waals surface area contributed by atoms with Crippen molar-refractivity contribution in [2.24, 2.45) is 0 Å². The summed E-state index contributed by atoms with van der Waals surface area (Å²) >= 11 is 0. The molecule has 0 radical (unpaired) electrons. The van der Waals surface area contributed by atoms with Gasteiger partial charge in [-0.25, -0.2) is 0 Å². The third kappa shape index (κ3) is 2.34. The van der Waals surface area contributed by atoms with E-state index in [0.717, 1.165) is 19.5 Å². The highest BCUT2D eigenvalue weighted by Gasteiger charge is 2.39. The fraction of sp³-hybridized carbons (Fsp3) is 0.562. The van der Waals surface area contributed by atoms with E-state index in [2.05, 4.69) is 54.2 Å². The predicted molar refractivity (Wildman–Crippen MR) is 79.4 cm³/mol. The van der Waals surface area contributed by atoms with E-state index in [0.29, 0.717) is 12.6 Å². The van der Waals surface area contributed by atoms with Crippen LogP contribution in [0.25, 0.3) is 0 Å². The van der Waals surface area contributed by atoms with Gasteiger partial charge >= 0.3 is 0 Å². The third-order valence-electron chi connectivity index (χ3n) is 4.50. The molecule has 2 aliphatic heterocycles. The van der Waals surface area contributed by atoms with Gasteiger partial charge in [0, 0.05) is 12.6 Å². The summed E-state index contributed by atoms with van der Waals surface area (Å²) in [5, 5.41) is 3.39. The first-order valence-corrected chi connectivity index (χ1v) is 7.36. The van der Waals surface area contributed by atoms with Crippen molar-refractivity contribution in [1.82, 2.24) is 15.1 Å². The second kappa shape index (κ2) is 5.19. The van der Waals surface area contributed by atoms with E-state index in [-0.39, 0.29) is 12.1 Å². The van der Waals surface area contributed by atoms with Gasteiger partial charge in [0.05, 0.1) is 6.54 Å². The normalized spacial score (nSPS) is 27.6. The van der Waals surface area contributed by atoms with E-state index in [9.17, 15) is 4.79 Å². The smallest absolute Gasteiger partial charge is 0.238 e. The lowest BCUT2D eigenvalue weighted by atomic mass is 10.0. The number of benzene rings is 1. The molecule has 0 spiro atoms. The third-order valence-corrected chi connectivity index (χ3v) is 4.50. The minimum atomic E-state index is 0.0406. The largest absolute Gasteiger partial charge is 0.317 e. The number of aryl methyl sites for hydroxylation is 2. The zero-order valence-electron chi connectivity index (χ0n) is 12.5. The van der Waals surface area contributed by atoms with Gasteiger partial charge in [-0.15, -0.1) is 0 Å². The number of likely N-dealkylation sites (N-methyl/N-ethyl adjacent to an activating group) is 1. The van der Waals surface area contributed by atoms with Crippen LogP contribution in [0.2, 0.25) is 0 Å². The minimum Gasteiger partial charge on any atom is -0.317 e. The van der Waals surface area contributed by atoms with Gasteiger partial charge in [-0.05, 0) is 45.0 Å². The number of amides is 1. The van der Waals surface area contributed by atoms with Crippen molar-refractivity contribution in [3.63, 3.8) is 0 Å². The lowest BCUT2D eigenvalue weighted by molar-refractivity contribution is -0.130. The number of carbonyl (C=O) groups excluding carboxylic acids is 1. The Bertz CT molecular complexity index is 528. The van der Waals surface area contributed by atoms with Gasteiger partial charge in [-0.3, -0.25) is 10.1 Å². The molecule has 108 valence electrons. The topological polar surface area (TPSA) is 35.6 Å². The average Bonchev–Trinajstić information content (AvgIpc) is 2.98. The molecule has 4 heteroatoms. The maximum Gasteiger partial charge on any atom is 0.238 e. The zero-order valence-corrected chi connectivity index (χ0v) is 12.5. The number of hydrogen-bond acceptors (Lipinski definition) is 3. The highest BCUT2D eigenvalue weighted by Crippen LogP contribution is 2.30. The van der Waals surface area contributed by atoms with Gasteiger partial charge in [0.25, 0.3) is 0 Å². The highest BCUT2D eigenvalue weighted by molar-refractivity contribution is 5.81. The summed E-state index contributed by atoms with van der Waals surface area (Å²) in [6, 6.07) is 6.82. The summed E-state index contributed by atoms with van der Waals surface area (Å²) in [5.41, 5.74) is 3.74. The first-order chi connectivity index (χ1) is 9.56. The minimum absolute atomic E-state index is 0.0406. The van der Waals surface area contributed by atoms with Gasteiger partial charge in [-0.2, -0.15) is 0 Å². The molecule has 2 unspecified atom stereocenters. The summed E-state index contributed by atoms with van der Waals surface area (Å²) in [7, 11) is 2.13. The molecule has 2 atom stereocenters. The first kappa shape index (κ1) is 13.6. The van der Waals surface area contributed by atoms with Crippen LogP contribution in [0.3, 0.4) is 0 Å². The van der Waals surface area contributed by atoms with Gasteiger partial charge in [0.2, 0.25) is 5.91 Å². The van der Waals surface area contributed by atoms with Crippen LogP contribution in [0, 0.1) is 13.8 Å². The molecule has 2 heterocycles. The Balaban J connectivity index is 1.91. The number of hydrogen-bond donors (Lipinski definition) is 1. The quantitative estimate of drug-likeness (QED) is 0.885. The zero-order chi connectivity index (χ0) is 14.3. The first-order valence-electron chi connectivity index (χ1n) is 7.36. The van der Waals surface area contributed by atoms with Crippen LogP contribution in [0.4, 0.5) is 0 Å². The predicted octanol–water partition coefficient (Wildman–Crippen LogP) is 1.44. The summed E-state index contributed by atoms with van der Waals surface area (Å²) in [6.07, 6.45) is 1.12. The standard InChI is InChI=1S/C16H23N3O/c1-11-4-5-12(2)14(8-11)16-17-9-15(20)19(16)13-6-7-18(3)10-13/h4-5,8,13,16-17H,6-7,9-10H2,1-3H3. The molecule has 2 saturated heterocycles. The molecule has 2 fully saturated rings. The maximum absolute atomic E-state index is 12.3. The maximum atomic E-state index is 12.3. The Morgan fingerprint density at radius 3 is 2.80 bits per heavy atom. The van der Waals surface area contributed by atoms with Crippen molar-refractivity contribution in [3.8, 4) is 0 Å². The number of nitrogens with one attached hydrogen (secondary N) is 1. The Labute approximate surface area is 120 Å². The molecule has 1 aromatic rings. The van der Waals surface area contributed by atoms with Crippen LogP contribution in [-0.4, -0.2) is 48.4 Å². The molecule has 1 aromatic carbocycles. The number of likely N-dealkylation sites (tertiary alicyclic amines) is 1. The van der Waals surface area contributed by atoms with Gasteiger partial charge in [-0.1, -0.05) is 23.8 Å². The Kier molecular flexibility index (Phi) is 3.52. The number of carbonyl (C=O) groups is 1. The molecule has 0 saturated carbocycles. The van der Waals surface area contributed by atoms with E-state index < -0.39 is 0 Å². The number of rotatable bonds is 2. The SMILES string of the molecule is Cc1ccc(C)c(C2NCC(=O)N2C2CCN(C)C2)c1. The monoisotopic (exact) mass is 273 g/mol. The highest BCUT2D eigenvalue weighted by atomic mass is 16.2. The second-order valence-corrected chi connectivity index (χ2v) is 6.15. The van der Waals surface area contributed by atoms with Crippen LogP contribution < -0.4 is 5.32 Å². The average molecular weight is 273 g/mol. The summed E-state index contributed by atoms with van der Waals surface area (Å²) in [6.45, 7) is 6.74. The van der Waals surface area contributed by atoms with E-state index in [1.807, 2.05) is 0 Å². The van der Waals surface area contributed by atoms with Crippen molar-refractivity contribution in [3.05, 3.63) is 34.9 Å². The molecular formula is C16H23N3O. The van der Waals surface area contributed by atoms with Gasteiger partial charge < -0.3 is 9.80 Å². The van der Waals surface area contributed by atoms with Crippen LogP contribution in [0.15, 0.2) is 18.2 Å². The molecule has 0 aliphatic carbocycles. The van der Waals surface area contributed by atoms with Gasteiger partial charge in [0.1, 0.15) is 6.17 Å². The van der Waals surface area contributed by atoms with Crippen LogP contribution >= 0.6 is 0 Å². The summed E-state index contributed by atoms with van der Waals surface area (Å²) in [5.74, 6) is 0.233. The number of nitrogens with zero attached hydrogens (tertiary/aromatic N) is 2. The van der Waals surface area contributed by atoms with Crippen molar-refractivity contribution in [2.75, 3.05) is 26.7 Å².